The molecule has 0 N–H and O–H groups in total. The Morgan fingerprint density at radius 1 is 0.923 bits per heavy atom. The number of aryl methyl sites for hydroxylation is 3. The number of hydrogen-bond donors (Lipinski definition) is 0. The minimum atomic E-state index is -0.143. The number of pyridine rings is 1. The maximum Gasteiger partial charge on any atom is 0.261 e. The highest BCUT2D eigenvalue weighted by molar-refractivity contribution is 5.76. The molecule has 1 fully saturated rings. The van der Waals surface area contributed by atoms with Crippen LogP contribution in [-0.2, 0) is 24.8 Å². The molecular weight excluding hydrogens is 482 g/mol. The summed E-state index contributed by atoms with van der Waals surface area (Å²) in [6.07, 6.45) is 5.81. The number of imidazole rings is 1. The maximum atomic E-state index is 13.2. The summed E-state index contributed by atoms with van der Waals surface area (Å²) in [6, 6.07) is 23.3. The van der Waals surface area contributed by atoms with E-state index in [1.165, 1.54) is 22.5 Å². The Bertz CT molecular complexity index is 1740. The van der Waals surface area contributed by atoms with Crippen molar-refractivity contribution in [2.45, 2.75) is 51.5 Å². The lowest BCUT2D eigenvalue weighted by molar-refractivity contribution is 0.145. The SMILES string of the molecule is Cc1nc2ccccn2c(=O)c1CCN1CCC(C2(C)c3ccccc3CCn3c2nc2ccccc23)CC1. The zero-order valence-corrected chi connectivity index (χ0v) is 22.8. The second kappa shape index (κ2) is 9.45. The van der Waals surface area contributed by atoms with E-state index in [0.717, 1.165) is 68.6 Å². The topological polar surface area (TPSA) is 55.4 Å². The molecule has 198 valence electrons. The van der Waals surface area contributed by atoms with E-state index >= 15 is 0 Å². The van der Waals surface area contributed by atoms with Gasteiger partial charge in [-0.05, 0) is 93.9 Å². The van der Waals surface area contributed by atoms with Crippen molar-refractivity contribution < 1.29 is 0 Å². The van der Waals surface area contributed by atoms with E-state index in [2.05, 4.69) is 69.9 Å². The highest BCUT2D eigenvalue weighted by atomic mass is 16.1. The van der Waals surface area contributed by atoms with Crippen LogP contribution < -0.4 is 5.56 Å². The summed E-state index contributed by atoms with van der Waals surface area (Å²) in [5.74, 6) is 1.72. The van der Waals surface area contributed by atoms with Crippen molar-refractivity contribution in [1.82, 2.24) is 23.8 Å². The zero-order valence-electron chi connectivity index (χ0n) is 22.8. The van der Waals surface area contributed by atoms with Gasteiger partial charge in [-0.25, -0.2) is 9.97 Å². The third-order valence-electron chi connectivity index (χ3n) is 9.42. The molecule has 2 aromatic carbocycles. The van der Waals surface area contributed by atoms with Crippen LogP contribution in [0.4, 0.5) is 0 Å². The van der Waals surface area contributed by atoms with E-state index in [-0.39, 0.29) is 11.0 Å². The number of likely N-dealkylation sites (tertiary alicyclic amines) is 1. The lowest BCUT2D eigenvalue weighted by Crippen LogP contribution is -2.44. The molecule has 3 aromatic heterocycles. The largest absolute Gasteiger partial charge is 0.327 e. The number of fused-ring (bicyclic) bond motifs is 5. The van der Waals surface area contributed by atoms with Crippen LogP contribution >= 0.6 is 0 Å². The van der Waals surface area contributed by atoms with Gasteiger partial charge in [0.2, 0.25) is 0 Å². The van der Waals surface area contributed by atoms with Crippen LogP contribution in [0.1, 0.15) is 48.0 Å². The van der Waals surface area contributed by atoms with Crippen LogP contribution in [0.25, 0.3) is 16.7 Å². The fourth-order valence-electron chi connectivity index (χ4n) is 7.23. The van der Waals surface area contributed by atoms with Gasteiger partial charge in [0.25, 0.3) is 5.56 Å². The van der Waals surface area contributed by atoms with Gasteiger partial charge in [0, 0.05) is 30.5 Å². The van der Waals surface area contributed by atoms with Gasteiger partial charge < -0.3 is 9.47 Å². The molecule has 1 unspecified atom stereocenters. The van der Waals surface area contributed by atoms with Crippen LogP contribution in [0.5, 0.6) is 0 Å². The molecular formula is C33H35N5O. The molecule has 0 aliphatic carbocycles. The number of benzene rings is 2. The van der Waals surface area contributed by atoms with Crippen molar-refractivity contribution >= 4 is 16.7 Å². The van der Waals surface area contributed by atoms with Crippen LogP contribution in [-0.4, -0.2) is 43.5 Å². The minimum Gasteiger partial charge on any atom is -0.327 e. The highest BCUT2D eigenvalue weighted by Crippen LogP contribution is 2.47. The molecule has 1 atom stereocenters. The Morgan fingerprint density at radius 3 is 2.56 bits per heavy atom. The quantitative estimate of drug-likeness (QED) is 0.330. The average Bonchev–Trinajstić information content (AvgIpc) is 3.29. The summed E-state index contributed by atoms with van der Waals surface area (Å²) < 4.78 is 4.16. The Kier molecular flexibility index (Phi) is 5.89. The number of piperidine rings is 1. The van der Waals surface area contributed by atoms with Crippen molar-refractivity contribution in [2.75, 3.05) is 19.6 Å². The van der Waals surface area contributed by atoms with Crippen molar-refractivity contribution in [1.29, 1.82) is 0 Å². The first kappa shape index (κ1) is 24.3. The number of nitrogens with zero attached hydrogens (tertiary/aromatic N) is 5. The molecule has 5 aromatic rings. The van der Waals surface area contributed by atoms with Crippen LogP contribution in [0.15, 0.2) is 77.7 Å². The van der Waals surface area contributed by atoms with Gasteiger partial charge in [-0.1, -0.05) is 42.5 Å². The highest BCUT2D eigenvalue weighted by Gasteiger charge is 2.45. The third kappa shape index (κ3) is 3.92. The van der Waals surface area contributed by atoms with E-state index < -0.39 is 0 Å². The molecule has 0 saturated carbocycles. The Morgan fingerprint density at radius 2 is 1.69 bits per heavy atom. The molecule has 0 amide bonds. The molecule has 0 spiro atoms. The predicted molar refractivity (Wildman–Crippen MR) is 155 cm³/mol. The Balaban J connectivity index is 1.15. The van der Waals surface area contributed by atoms with Gasteiger partial charge in [0.1, 0.15) is 11.5 Å². The predicted octanol–water partition coefficient (Wildman–Crippen LogP) is 5.17. The van der Waals surface area contributed by atoms with Crippen LogP contribution in [0.3, 0.4) is 0 Å². The first-order valence-electron chi connectivity index (χ1n) is 14.3. The molecule has 0 bridgehead atoms. The zero-order chi connectivity index (χ0) is 26.6. The van der Waals surface area contributed by atoms with E-state index in [0.29, 0.717) is 11.6 Å². The fraction of sp³-hybridized carbons (Fsp3) is 0.364. The number of hydrogen-bond acceptors (Lipinski definition) is 4. The van der Waals surface area contributed by atoms with Gasteiger partial charge in [-0.3, -0.25) is 9.20 Å². The monoisotopic (exact) mass is 517 g/mol. The molecule has 6 heteroatoms. The summed E-state index contributed by atoms with van der Waals surface area (Å²) in [6.45, 7) is 8.33. The first-order valence-corrected chi connectivity index (χ1v) is 14.3. The standard InChI is InChI=1S/C33H35N5O/c1-23-26(31(39)38-18-8-7-13-30(38)34-23)17-21-36-19-15-25(16-20-36)33(2)27-10-4-3-9-24(27)14-22-37-29-12-6-5-11-28(29)35-32(33)37/h3-13,18,25H,14-17,19-22H2,1-2H3. The molecule has 6 nitrogen and oxygen atoms in total. The lowest BCUT2D eigenvalue weighted by atomic mass is 9.66. The smallest absolute Gasteiger partial charge is 0.261 e. The average molecular weight is 518 g/mol. The van der Waals surface area contributed by atoms with Crippen LogP contribution in [0, 0.1) is 12.8 Å². The Hall–Kier alpha value is -3.77. The van der Waals surface area contributed by atoms with Crippen molar-refractivity contribution in [3.63, 3.8) is 0 Å². The summed E-state index contributed by atoms with van der Waals surface area (Å²) in [5, 5.41) is 0. The molecule has 5 heterocycles. The van der Waals surface area contributed by atoms with E-state index in [4.69, 9.17) is 4.98 Å². The van der Waals surface area contributed by atoms with Gasteiger partial charge >= 0.3 is 0 Å². The number of aromatic nitrogens is 4. The van der Waals surface area contributed by atoms with E-state index in [1.54, 1.807) is 4.40 Å². The summed E-state index contributed by atoms with van der Waals surface area (Å²) in [5.41, 5.74) is 7.57. The van der Waals surface area contributed by atoms with Gasteiger partial charge in [0.15, 0.2) is 0 Å². The summed E-state index contributed by atoms with van der Waals surface area (Å²) >= 11 is 0. The molecule has 7 rings (SSSR count). The summed E-state index contributed by atoms with van der Waals surface area (Å²) in [7, 11) is 0. The maximum absolute atomic E-state index is 13.2. The normalized spacial score (nSPS) is 20.2. The Labute approximate surface area is 229 Å². The second-order valence-electron chi connectivity index (χ2n) is 11.5. The number of rotatable bonds is 4. The molecule has 39 heavy (non-hydrogen) atoms. The second-order valence-corrected chi connectivity index (χ2v) is 11.5. The summed E-state index contributed by atoms with van der Waals surface area (Å²) in [4.78, 5) is 25.7. The van der Waals surface area contributed by atoms with E-state index in [1.807, 2.05) is 31.3 Å². The lowest BCUT2D eigenvalue weighted by Gasteiger charge is -2.43. The van der Waals surface area contributed by atoms with Crippen molar-refractivity contribution in [2.24, 2.45) is 5.92 Å². The third-order valence-corrected chi connectivity index (χ3v) is 9.42. The molecule has 2 aliphatic heterocycles. The van der Waals surface area contributed by atoms with Crippen molar-refractivity contribution in [3.8, 4) is 0 Å². The first-order chi connectivity index (χ1) is 19.0. The van der Waals surface area contributed by atoms with Crippen molar-refractivity contribution in [3.05, 3.63) is 111 Å². The molecule has 2 aliphatic rings. The molecule has 1 saturated heterocycles. The van der Waals surface area contributed by atoms with Gasteiger partial charge in [-0.15, -0.1) is 0 Å². The number of para-hydroxylation sites is 2. The van der Waals surface area contributed by atoms with Crippen LogP contribution in [0.2, 0.25) is 0 Å². The van der Waals surface area contributed by atoms with E-state index in [9.17, 15) is 4.79 Å². The van der Waals surface area contributed by atoms with Gasteiger partial charge in [-0.2, -0.15) is 0 Å². The minimum absolute atomic E-state index is 0.0643. The fourth-order valence-corrected chi connectivity index (χ4v) is 7.23. The molecule has 0 radical (unpaired) electrons. The van der Waals surface area contributed by atoms with Gasteiger partial charge in [0.05, 0.1) is 16.4 Å².